The van der Waals surface area contributed by atoms with Crippen LogP contribution < -0.4 is 10.9 Å². The normalized spacial score (nSPS) is 12.3. The molecular formula is C21H26N4O3. The molecule has 0 aliphatic heterocycles. The summed E-state index contributed by atoms with van der Waals surface area (Å²) in [4.78, 5) is 30.5. The van der Waals surface area contributed by atoms with Crippen molar-refractivity contribution in [1.82, 2.24) is 19.4 Å². The van der Waals surface area contributed by atoms with Gasteiger partial charge in [0.1, 0.15) is 11.4 Å². The lowest BCUT2D eigenvalue weighted by Crippen LogP contribution is -2.37. The van der Waals surface area contributed by atoms with Crippen LogP contribution in [0, 0.1) is 13.8 Å². The zero-order valence-corrected chi connectivity index (χ0v) is 16.9. The topological polar surface area (TPSA) is 78.2 Å². The molecule has 1 N–H and O–H groups in total. The van der Waals surface area contributed by atoms with Gasteiger partial charge >= 0.3 is 0 Å². The van der Waals surface area contributed by atoms with Crippen molar-refractivity contribution in [3.05, 3.63) is 63.3 Å². The van der Waals surface area contributed by atoms with Gasteiger partial charge in [-0.1, -0.05) is 12.1 Å². The Bertz CT molecular complexity index is 1080. The van der Waals surface area contributed by atoms with E-state index in [0.717, 1.165) is 22.6 Å². The number of methoxy groups -OCH3 is 1. The number of nitrogens with one attached hydrogen (secondary N) is 1. The van der Waals surface area contributed by atoms with Crippen molar-refractivity contribution in [2.75, 3.05) is 13.7 Å². The van der Waals surface area contributed by atoms with Gasteiger partial charge in [0.05, 0.1) is 23.7 Å². The first-order valence-electron chi connectivity index (χ1n) is 9.27. The number of fused-ring (bicyclic) bond motifs is 1. The van der Waals surface area contributed by atoms with Gasteiger partial charge in [-0.05, 0) is 44.5 Å². The number of hydrogen-bond donors (Lipinski definition) is 1. The van der Waals surface area contributed by atoms with E-state index in [1.54, 1.807) is 18.6 Å². The SMILES string of the molecule is COCCn1c(C)cc(C)c(C(=O)N[C@H](C)c2nc3ccccc3n2C)c1=O. The summed E-state index contributed by atoms with van der Waals surface area (Å²) in [7, 11) is 3.50. The number of benzene rings is 1. The van der Waals surface area contributed by atoms with Crippen LogP contribution in [0.2, 0.25) is 0 Å². The molecule has 3 aromatic rings. The van der Waals surface area contributed by atoms with Crippen molar-refractivity contribution < 1.29 is 9.53 Å². The highest BCUT2D eigenvalue weighted by molar-refractivity contribution is 5.95. The lowest BCUT2D eigenvalue weighted by Gasteiger charge is -2.17. The second-order valence-electron chi connectivity index (χ2n) is 7.01. The van der Waals surface area contributed by atoms with Gasteiger partial charge in [0, 0.05) is 26.4 Å². The summed E-state index contributed by atoms with van der Waals surface area (Å²) < 4.78 is 8.61. The number of para-hydroxylation sites is 2. The third-order valence-corrected chi connectivity index (χ3v) is 5.01. The average Bonchev–Trinajstić information content (AvgIpc) is 2.98. The number of ether oxygens (including phenoxy) is 1. The molecule has 0 saturated heterocycles. The Morgan fingerprint density at radius 3 is 2.68 bits per heavy atom. The second-order valence-corrected chi connectivity index (χ2v) is 7.01. The molecule has 28 heavy (non-hydrogen) atoms. The number of carbonyl (C=O) groups is 1. The van der Waals surface area contributed by atoms with Gasteiger partial charge in [-0.15, -0.1) is 0 Å². The minimum atomic E-state index is -0.395. The van der Waals surface area contributed by atoms with Gasteiger partial charge in [-0.2, -0.15) is 0 Å². The fourth-order valence-electron chi connectivity index (χ4n) is 3.55. The highest BCUT2D eigenvalue weighted by Gasteiger charge is 2.22. The maximum absolute atomic E-state index is 12.9. The summed E-state index contributed by atoms with van der Waals surface area (Å²) in [5.74, 6) is 0.340. The molecule has 2 aromatic heterocycles. The van der Waals surface area contributed by atoms with Crippen LogP contribution >= 0.6 is 0 Å². The molecule has 7 heteroatoms. The molecule has 1 amide bonds. The van der Waals surface area contributed by atoms with E-state index in [1.807, 2.05) is 55.8 Å². The van der Waals surface area contributed by atoms with Crippen molar-refractivity contribution in [3.63, 3.8) is 0 Å². The molecular weight excluding hydrogens is 356 g/mol. The lowest BCUT2D eigenvalue weighted by molar-refractivity contribution is 0.0934. The monoisotopic (exact) mass is 382 g/mol. The van der Waals surface area contributed by atoms with Crippen LogP contribution in [0.5, 0.6) is 0 Å². The van der Waals surface area contributed by atoms with E-state index in [9.17, 15) is 9.59 Å². The van der Waals surface area contributed by atoms with Crippen LogP contribution in [0.4, 0.5) is 0 Å². The summed E-state index contributed by atoms with van der Waals surface area (Å²) in [5.41, 5.74) is 3.18. The van der Waals surface area contributed by atoms with Gasteiger partial charge in [-0.25, -0.2) is 4.98 Å². The number of aromatic nitrogens is 3. The Kier molecular flexibility index (Phi) is 5.65. The molecule has 1 aromatic carbocycles. The molecule has 2 heterocycles. The Morgan fingerprint density at radius 1 is 1.29 bits per heavy atom. The van der Waals surface area contributed by atoms with Crippen LogP contribution in [0.15, 0.2) is 35.1 Å². The largest absolute Gasteiger partial charge is 0.383 e. The van der Waals surface area contributed by atoms with E-state index < -0.39 is 5.91 Å². The Labute approximate surface area is 164 Å². The highest BCUT2D eigenvalue weighted by atomic mass is 16.5. The Balaban J connectivity index is 1.92. The van der Waals surface area contributed by atoms with E-state index in [4.69, 9.17) is 4.74 Å². The number of pyridine rings is 1. The number of rotatable bonds is 6. The highest BCUT2D eigenvalue weighted by Crippen LogP contribution is 2.19. The predicted molar refractivity (Wildman–Crippen MR) is 109 cm³/mol. The molecule has 0 radical (unpaired) electrons. The van der Waals surface area contributed by atoms with Crippen LogP contribution in [-0.4, -0.2) is 33.7 Å². The van der Waals surface area contributed by atoms with Gasteiger partial charge in [0.15, 0.2) is 0 Å². The summed E-state index contributed by atoms with van der Waals surface area (Å²) in [6.45, 7) is 6.31. The first-order chi connectivity index (χ1) is 13.3. The molecule has 0 spiro atoms. The molecule has 0 fully saturated rings. The third-order valence-electron chi connectivity index (χ3n) is 5.01. The number of nitrogens with zero attached hydrogens (tertiary/aromatic N) is 3. The fourth-order valence-corrected chi connectivity index (χ4v) is 3.55. The van der Waals surface area contributed by atoms with Gasteiger partial charge in [0.25, 0.3) is 11.5 Å². The number of hydrogen-bond acceptors (Lipinski definition) is 4. The summed E-state index contributed by atoms with van der Waals surface area (Å²) in [6, 6.07) is 9.31. The van der Waals surface area contributed by atoms with Crippen molar-refractivity contribution in [1.29, 1.82) is 0 Å². The third kappa shape index (κ3) is 3.57. The lowest BCUT2D eigenvalue weighted by atomic mass is 10.1. The van der Waals surface area contributed by atoms with Crippen LogP contribution in [0.3, 0.4) is 0 Å². The average molecular weight is 382 g/mol. The first kappa shape index (κ1) is 19.8. The van der Waals surface area contributed by atoms with E-state index in [2.05, 4.69) is 10.3 Å². The standard InChI is InChI=1S/C21H26N4O3/c1-13-12-14(2)25(10-11-28-5)21(27)18(13)20(26)22-15(3)19-23-16-8-6-7-9-17(16)24(19)4/h6-9,12,15H,10-11H2,1-5H3,(H,22,26)/t15-/m1/s1. The summed E-state index contributed by atoms with van der Waals surface area (Å²) in [6.07, 6.45) is 0. The number of imidazole rings is 1. The Morgan fingerprint density at radius 2 is 2.00 bits per heavy atom. The molecule has 7 nitrogen and oxygen atoms in total. The van der Waals surface area contributed by atoms with Gasteiger partial charge in [0.2, 0.25) is 0 Å². The van der Waals surface area contributed by atoms with E-state index in [-0.39, 0.29) is 17.2 Å². The number of amides is 1. The number of carbonyl (C=O) groups excluding carboxylic acids is 1. The Hall–Kier alpha value is -2.93. The maximum Gasteiger partial charge on any atom is 0.263 e. The van der Waals surface area contributed by atoms with E-state index >= 15 is 0 Å². The van der Waals surface area contributed by atoms with Crippen LogP contribution in [-0.2, 0) is 18.3 Å². The first-order valence-corrected chi connectivity index (χ1v) is 9.27. The maximum atomic E-state index is 12.9. The smallest absolute Gasteiger partial charge is 0.263 e. The van der Waals surface area contributed by atoms with E-state index in [1.165, 1.54) is 0 Å². The fraction of sp³-hybridized carbons (Fsp3) is 0.381. The zero-order valence-electron chi connectivity index (χ0n) is 16.9. The second kappa shape index (κ2) is 7.98. The van der Waals surface area contributed by atoms with Gasteiger partial charge in [-0.3, -0.25) is 9.59 Å². The van der Waals surface area contributed by atoms with Crippen LogP contribution in [0.1, 0.15) is 40.4 Å². The molecule has 148 valence electrons. The van der Waals surface area contributed by atoms with Crippen LogP contribution in [0.25, 0.3) is 11.0 Å². The van der Waals surface area contributed by atoms with Gasteiger partial charge < -0.3 is 19.2 Å². The van der Waals surface area contributed by atoms with E-state index in [0.29, 0.717) is 18.7 Å². The molecule has 1 atom stereocenters. The van der Waals surface area contributed by atoms with Crippen molar-refractivity contribution in [2.45, 2.75) is 33.4 Å². The summed E-state index contributed by atoms with van der Waals surface area (Å²) in [5, 5.41) is 2.93. The molecule has 0 saturated carbocycles. The van der Waals surface area contributed by atoms with Crippen molar-refractivity contribution in [2.24, 2.45) is 7.05 Å². The predicted octanol–water partition coefficient (Wildman–Crippen LogP) is 2.49. The molecule has 0 aliphatic carbocycles. The minimum Gasteiger partial charge on any atom is -0.383 e. The van der Waals surface area contributed by atoms with Crippen molar-refractivity contribution in [3.8, 4) is 0 Å². The molecule has 0 aliphatic rings. The quantitative estimate of drug-likeness (QED) is 0.710. The minimum absolute atomic E-state index is 0.160. The molecule has 3 rings (SSSR count). The number of aryl methyl sites for hydroxylation is 3. The summed E-state index contributed by atoms with van der Waals surface area (Å²) >= 11 is 0. The molecule has 0 unspecified atom stereocenters. The molecule has 0 bridgehead atoms. The zero-order chi connectivity index (χ0) is 20.4. The van der Waals surface area contributed by atoms with Crippen molar-refractivity contribution >= 4 is 16.9 Å².